The Hall–Kier alpha value is -1.39. The second-order valence-electron chi connectivity index (χ2n) is 4.90. The molecule has 0 aromatic heterocycles. The number of carbonyl (C=O) groups is 1. The number of hydrogen-bond donors (Lipinski definition) is 2. The van der Waals surface area contributed by atoms with Crippen molar-refractivity contribution in [1.29, 1.82) is 0 Å². The van der Waals surface area contributed by atoms with E-state index >= 15 is 0 Å². The summed E-state index contributed by atoms with van der Waals surface area (Å²) in [5.74, 6) is 0.144. The lowest BCUT2D eigenvalue weighted by atomic mass is 9.95. The standard InChI is InChI=1S/C15H22N2O2/c1-2-17(8-5-9-18)15(19)14-10-12-6-3-4-7-13(12)11-16-14/h3-4,6-7,14,16,18H,2,5,8-11H2,1H3. The number of amides is 1. The van der Waals surface area contributed by atoms with E-state index in [9.17, 15) is 4.79 Å². The molecule has 4 heteroatoms. The van der Waals surface area contributed by atoms with Crippen molar-refractivity contribution in [3.05, 3.63) is 35.4 Å². The molecule has 0 saturated carbocycles. The molecule has 104 valence electrons. The van der Waals surface area contributed by atoms with Crippen molar-refractivity contribution in [2.24, 2.45) is 0 Å². The van der Waals surface area contributed by atoms with Crippen molar-refractivity contribution in [2.45, 2.75) is 32.4 Å². The number of fused-ring (bicyclic) bond motifs is 1. The van der Waals surface area contributed by atoms with Gasteiger partial charge in [-0.15, -0.1) is 0 Å². The van der Waals surface area contributed by atoms with E-state index in [2.05, 4.69) is 17.4 Å². The topological polar surface area (TPSA) is 52.6 Å². The van der Waals surface area contributed by atoms with Crippen LogP contribution in [-0.2, 0) is 17.8 Å². The minimum Gasteiger partial charge on any atom is -0.396 e. The predicted molar refractivity (Wildman–Crippen MR) is 74.7 cm³/mol. The highest BCUT2D eigenvalue weighted by Crippen LogP contribution is 2.17. The van der Waals surface area contributed by atoms with Gasteiger partial charge in [-0.3, -0.25) is 4.79 Å². The van der Waals surface area contributed by atoms with Crippen LogP contribution in [0.3, 0.4) is 0 Å². The minimum atomic E-state index is -0.131. The van der Waals surface area contributed by atoms with Crippen molar-refractivity contribution < 1.29 is 9.90 Å². The molecule has 0 radical (unpaired) electrons. The molecule has 1 atom stereocenters. The number of nitrogens with one attached hydrogen (secondary N) is 1. The van der Waals surface area contributed by atoms with Crippen molar-refractivity contribution in [1.82, 2.24) is 10.2 Å². The van der Waals surface area contributed by atoms with Crippen molar-refractivity contribution in [3.63, 3.8) is 0 Å². The average molecular weight is 262 g/mol. The maximum absolute atomic E-state index is 12.4. The lowest BCUT2D eigenvalue weighted by molar-refractivity contribution is -0.133. The smallest absolute Gasteiger partial charge is 0.240 e. The van der Waals surface area contributed by atoms with Crippen LogP contribution in [0.15, 0.2) is 24.3 Å². The summed E-state index contributed by atoms with van der Waals surface area (Å²) in [6.07, 6.45) is 1.40. The Labute approximate surface area is 114 Å². The monoisotopic (exact) mass is 262 g/mol. The van der Waals surface area contributed by atoms with E-state index in [4.69, 9.17) is 5.11 Å². The summed E-state index contributed by atoms with van der Waals surface area (Å²) < 4.78 is 0. The van der Waals surface area contributed by atoms with Crippen LogP contribution in [0.2, 0.25) is 0 Å². The van der Waals surface area contributed by atoms with E-state index in [1.807, 2.05) is 24.0 Å². The molecule has 0 spiro atoms. The van der Waals surface area contributed by atoms with E-state index in [1.54, 1.807) is 0 Å². The third-order valence-electron chi connectivity index (χ3n) is 3.66. The lowest BCUT2D eigenvalue weighted by Gasteiger charge is -2.30. The molecular weight excluding hydrogens is 240 g/mol. The number of likely N-dealkylation sites (N-methyl/N-ethyl adjacent to an activating group) is 1. The molecule has 2 N–H and O–H groups in total. The Morgan fingerprint density at radius 1 is 1.42 bits per heavy atom. The summed E-state index contributed by atoms with van der Waals surface area (Å²) in [5, 5.41) is 12.2. The first-order chi connectivity index (χ1) is 9.26. The number of aliphatic hydroxyl groups excluding tert-OH is 1. The number of nitrogens with zero attached hydrogens (tertiary/aromatic N) is 1. The van der Waals surface area contributed by atoms with Gasteiger partial charge in [0.1, 0.15) is 0 Å². The second-order valence-corrected chi connectivity index (χ2v) is 4.90. The fraction of sp³-hybridized carbons (Fsp3) is 0.533. The molecule has 1 aromatic carbocycles. The summed E-state index contributed by atoms with van der Waals surface area (Å²) in [6.45, 7) is 4.19. The van der Waals surface area contributed by atoms with Crippen LogP contribution in [0.5, 0.6) is 0 Å². The van der Waals surface area contributed by atoms with Gasteiger partial charge in [-0.2, -0.15) is 0 Å². The van der Waals surface area contributed by atoms with E-state index in [1.165, 1.54) is 11.1 Å². The Balaban J connectivity index is 2.01. The molecule has 0 saturated heterocycles. The molecule has 0 aliphatic carbocycles. The van der Waals surface area contributed by atoms with E-state index in [0.29, 0.717) is 19.5 Å². The van der Waals surface area contributed by atoms with Crippen LogP contribution in [0.25, 0.3) is 0 Å². The summed E-state index contributed by atoms with van der Waals surface area (Å²) in [6, 6.07) is 8.12. The van der Waals surface area contributed by atoms with Gasteiger partial charge in [0.15, 0.2) is 0 Å². The van der Waals surface area contributed by atoms with Crippen LogP contribution in [0.4, 0.5) is 0 Å². The molecule has 0 bridgehead atoms. The summed E-state index contributed by atoms with van der Waals surface area (Å²) >= 11 is 0. The van der Waals surface area contributed by atoms with Gasteiger partial charge in [0.05, 0.1) is 6.04 Å². The molecule has 0 fully saturated rings. The van der Waals surface area contributed by atoms with Crippen LogP contribution in [0, 0.1) is 0 Å². The fourth-order valence-corrected chi connectivity index (χ4v) is 2.54. The predicted octanol–water partition coefficient (Wildman–Crippen LogP) is 0.932. The maximum Gasteiger partial charge on any atom is 0.240 e. The number of aliphatic hydroxyl groups is 1. The largest absolute Gasteiger partial charge is 0.396 e. The molecule has 2 rings (SSSR count). The zero-order valence-electron chi connectivity index (χ0n) is 11.4. The SMILES string of the molecule is CCN(CCCO)C(=O)C1Cc2ccccc2CN1. The van der Waals surface area contributed by atoms with Gasteiger partial charge in [0.2, 0.25) is 5.91 Å². The average Bonchev–Trinajstić information content (AvgIpc) is 2.47. The molecular formula is C15H22N2O2. The van der Waals surface area contributed by atoms with E-state index < -0.39 is 0 Å². The zero-order valence-corrected chi connectivity index (χ0v) is 11.4. The third kappa shape index (κ3) is 3.33. The summed E-state index contributed by atoms with van der Waals surface area (Å²) in [7, 11) is 0. The highest BCUT2D eigenvalue weighted by Gasteiger charge is 2.26. The van der Waals surface area contributed by atoms with Gasteiger partial charge in [-0.05, 0) is 30.9 Å². The molecule has 1 aliphatic heterocycles. The maximum atomic E-state index is 12.4. The van der Waals surface area contributed by atoms with Crippen LogP contribution in [0.1, 0.15) is 24.5 Å². The first kappa shape index (κ1) is 14.0. The second kappa shape index (κ2) is 6.68. The van der Waals surface area contributed by atoms with Crippen molar-refractivity contribution in [2.75, 3.05) is 19.7 Å². The molecule has 1 aliphatic rings. The minimum absolute atomic E-state index is 0.130. The molecule has 1 unspecified atom stereocenters. The Morgan fingerprint density at radius 2 is 2.16 bits per heavy atom. The molecule has 1 aromatic rings. The van der Waals surface area contributed by atoms with E-state index in [0.717, 1.165) is 13.0 Å². The Bertz CT molecular complexity index is 434. The number of rotatable bonds is 5. The summed E-state index contributed by atoms with van der Waals surface area (Å²) in [5.41, 5.74) is 2.54. The summed E-state index contributed by atoms with van der Waals surface area (Å²) in [4.78, 5) is 14.2. The zero-order chi connectivity index (χ0) is 13.7. The number of hydrogen-bond acceptors (Lipinski definition) is 3. The Kier molecular flexibility index (Phi) is 4.93. The van der Waals surface area contributed by atoms with E-state index in [-0.39, 0.29) is 18.6 Å². The van der Waals surface area contributed by atoms with Crippen molar-refractivity contribution >= 4 is 5.91 Å². The van der Waals surface area contributed by atoms with Crippen LogP contribution >= 0.6 is 0 Å². The number of carbonyl (C=O) groups excluding carboxylic acids is 1. The van der Waals surface area contributed by atoms with Gasteiger partial charge in [-0.1, -0.05) is 24.3 Å². The lowest BCUT2D eigenvalue weighted by Crippen LogP contribution is -2.49. The molecule has 1 amide bonds. The van der Waals surface area contributed by atoms with Crippen LogP contribution < -0.4 is 5.32 Å². The highest BCUT2D eigenvalue weighted by molar-refractivity contribution is 5.82. The van der Waals surface area contributed by atoms with Crippen molar-refractivity contribution in [3.8, 4) is 0 Å². The van der Waals surface area contributed by atoms with Gasteiger partial charge < -0.3 is 15.3 Å². The molecule has 19 heavy (non-hydrogen) atoms. The van der Waals surface area contributed by atoms with Gasteiger partial charge in [0, 0.05) is 26.2 Å². The molecule has 4 nitrogen and oxygen atoms in total. The van der Waals surface area contributed by atoms with Gasteiger partial charge in [0.25, 0.3) is 0 Å². The highest BCUT2D eigenvalue weighted by atomic mass is 16.3. The van der Waals surface area contributed by atoms with Gasteiger partial charge >= 0.3 is 0 Å². The number of benzene rings is 1. The first-order valence-electron chi connectivity index (χ1n) is 6.96. The normalized spacial score (nSPS) is 17.9. The Morgan fingerprint density at radius 3 is 2.84 bits per heavy atom. The first-order valence-corrected chi connectivity index (χ1v) is 6.96. The fourth-order valence-electron chi connectivity index (χ4n) is 2.54. The quantitative estimate of drug-likeness (QED) is 0.830. The molecule has 1 heterocycles. The van der Waals surface area contributed by atoms with Crippen LogP contribution in [-0.4, -0.2) is 41.7 Å². The van der Waals surface area contributed by atoms with Gasteiger partial charge in [-0.25, -0.2) is 0 Å². The third-order valence-corrected chi connectivity index (χ3v) is 3.66.